The molecular weight excluding hydrogens is 420 g/mol. The Morgan fingerprint density at radius 2 is 2.12 bits per heavy atom. The van der Waals surface area contributed by atoms with Crippen LogP contribution in [0, 0.1) is 11.8 Å². The van der Waals surface area contributed by atoms with Gasteiger partial charge in [0.25, 0.3) is 0 Å². The van der Waals surface area contributed by atoms with E-state index in [1.165, 1.54) is 37.0 Å². The number of benzene rings is 1. The number of aliphatic carboxylic acids is 1. The standard InChI is InChI=1S/C26H36N2O3S/c1-31-21-9-10-25-23(17-21)19(11-13-27-25)5-2-6-20-12-15-28(18-24(20)26(29)30)14-4-16-32-22-7-3-8-22/h9-11,13,17,20,22,24H,2-8,12,14-16,18H2,1H3,(H,29,30)/t20-,24+/m1/s1. The molecule has 0 spiro atoms. The van der Waals surface area contributed by atoms with Gasteiger partial charge in [0, 0.05) is 23.4 Å². The third-order valence-corrected chi connectivity index (χ3v) is 8.71. The molecule has 0 radical (unpaired) electrons. The minimum absolute atomic E-state index is 0.239. The van der Waals surface area contributed by atoms with E-state index in [0.29, 0.717) is 6.54 Å². The molecule has 2 atom stereocenters. The molecule has 1 saturated carbocycles. The van der Waals surface area contributed by atoms with Crippen LogP contribution in [0.25, 0.3) is 10.9 Å². The molecule has 5 nitrogen and oxygen atoms in total. The summed E-state index contributed by atoms with van der Waals surface area (Å²) in [6.45, 7) is 2.79. The average molecular weight is 457 g/mol. The predicted molar refractivity (Wildman–Crippen MR) is 132 cm³/mol. The summed E-state index contributed by atoms with van der Waals surface area (Å²) in [4.78, 5) is 18.9. The maximum absolute atomic E-state index is 12.0. The molecule has 0 unspecified atom stereocenters. The average Bonchev–Trinajstić information content (AvgIpc) is 2.78. The van der Waals surface area contributed by atoms with E-state index in [1.807, 2.05) is 18.3 Å². The third kappa shape index (κ3) is 5.96. The van der Waals surface area contributed by atoms with Gasteiger partial charge in [0.2, 0.25) is 0 Å². The van der Waals surface area contributed by atoms with Crippen LogP contribution in [-0.4, -0.2) is 58.7 Å². The van der Waals surface area contributed by atoms with Crippen molar-refractivity contribution in [2.45, 2.75) is 56.6 Å². The number of carbonyl (C=O) groups is 1. The normalized spacial score (nSPS) is 22.0. The fourth-order valence-corrected chi connectivity index (χ4v) is 6.35. The van der Waals surface area contributed by atoms with Crippen molar-refractivity contribution in [3.05, 3.63) is 36.0 Å². The minimum atomic E-state index is -0.623. The lowest BCUT2D eigenvalue weighted by Crippen LogP contribution is -2.44. The van der Waals surface area contributed by atoms with Crippen LogP contribution in [0.4, 0.5) is 0 Å². The molecule has 1 aromatic carbocycles. The summed E-state index contributed by atoms with van der Waals surface area (Å²) < 4.78 is 5.38. The van der Waals surface area contributed by atoms with E-state index in [0.717, 1.165) is 60.7 Å². The van der Waals surface area contributed by atoms with Crippen molar-refractivity contribution < 1.29 is 14.6 Å². The van der Waals surface area contributed by atoms with Crippen LogP contribution in [0.3, 0.4) is 0 Å². The first-order valence-corrected chi connectivity index (χ1v) is 13.2. The topological polar surface area (TPSA) is 62.7 Å². The first-order chi connectivity index (χ1) is 15.6. The van der Waals surface area contributed by atoms with E-state index >= 15 is 0 Å². The van der Waals surface area contributed by atoms with Gasteiger partial charge >= 0.3 is 5.97 Å². The summed E-state index contributed by atoms with van der Waals surface area (Å²) >= 11 is 2.12. The number of likely N-dealkylation sites (tertiary alicyclic amines) is 1. The van der Waals surface area contributed by atoms with Crippen LogP contribution < -0.4 is 4.74 Å². The summed E-state index contributed by atoms with van der Waals surface area (Å²) in [6, 6.07) is 8.08. The number of hydrogen-bond donors (Lipinski definition) is 1. The summed E-state index contributed by atoms with van der Waals surface area (Å²) in [5, 5.41) is 11.9. The highest BCUT2D eigenvalue weighted by Gasteiger charge is 2.33. The van der Waals surface area contributed by atoms with Gasteiger partial charge in [0.05, 0.1) is 18.5 Å². The largest absolute Gasteiger partial charge is 0.497 e. The van der Waals surface area contributed by atoms with Crippen LogP contribution in [0.5, 0.6) is 5.75 Å². The van der Waals surface area contributed by atoms with E-state index in [1.54, 1.807) is 7.11 Å². The Hall–Kier alpha value is -1.79. The highest BCUT2D eigenvalue weighted by atomic mass is 32.2. The Labute approximate surface area is 195 Å². The van der Waals surface area contributed by atoms with Crippen LogP contribution in [-0.2, 0) is 11.2 Å². The van der Waals surface area contributed by atoms with E-state index in [2.05, 4.69) is 33.8 Å². The first-order valence-electron chi connectivity index (χ1n) is 12.1. The number of carboxylic acid groups (broad SMARTS) is 1. The van der Waals surface area contributed by atoms with E-state index in [9.17, 15) is 9.90 Å². The van der Waals surface area contributed by atoms with Gasteiger partial charge in [-0.25, -0.2) is 0 Å². The Kier molecular flexibility index (Phi) is 8.31. The summed E-state index contributed by atoms with van der Waals surface area (Å²) in [6.07, 6.45) is 11.1. The van der Waals surface area contributed by atoms with Gasteiger partial charge in [0.1, 0.15) is 5.75 Å². The molecule has 1 saturated heterocycles. The van der Waals surface area contributed by atoms with Crippen molar-refractivity contribution >= 4 is 28.6 Å². The zero-order valence-electron chi connectivity index (χ0n) is 19.2. The molecular formula is C26H36N2O3S. The zero-order valence-corrected chi connectivity index (χ0v) is 20.0. The molecule has 1 aromatic heterocycles. The quantitative estimate of drug-likeness (QED) is 0.465. The second-order valence-corrected chi connectivity index (χ2v) is 10.7. The van der Waals surface area contributed by atoms with Gasteiger partial charge < -0.3 is 14.7 Å². The van der Waals surface area contributed by atoms with E-state index < -0.39 is 5.97 Å². The molecule has 4 rings (SSSR count). The van der Waals surface area contributed by atoms with Crippen molar-refractivity contribution in [2.24, 2.45) is 11.8 Å². The number of thioether (sulfide) groups is 1. The first kappa shape index (κ1) is 23.4. The molecule has 174 valence electrons. The van der Waals surface area contributed by atoms with Crippen molar-refractivity contribution in [1.29, 1.82) is 0 Å². The predicted octanol–water partition coefficient (Wildman–Crippen LogP) is 5.26. The minimum Gasteiger partial charge on any atom is -0.497 e. The zero-order chi connectivity index (χ0) is 22.3. The van der Waals surface area contributed by atoms with Crippen molar-refractivity contribution in [2.75, 3.05) is 32.5 Å². The number of rotatable bonds is 11. The van der Waals surface area contributed by atoms with Crippen molar-refractivity contribution in [3.8, 4) is 5.75 Å². The van der Waals surface area contributed by atoms with Crippen LogP contribution in [0.2, 0.25) is 0 Å². The number of hydrogen-bond acceptors (Lipinski definition) is 5. The number of aryl methyl sites for hydroxylation is 1. The molecule has 1 aliphatic heterocycles. The van der Waals surface area contributed by atoms with Gasteiger partial charge in [-0.15, -0.1) is 0 Å². The number of ether oxygens (including phenoxy) is 1. The number of pyridine rings is 1. The molecule has 32 heavy (non-hydrogen) atoms. The molecule has 0 bridgehead atoms. The number of aromatic nitrogens is 1. The van der Waals surface area contributed by atoms with Crippen LogP contribution in [0.15, 0.2) is 30.5 Å². The molecule has 2 fully saturated rings. The molecule has 2 heterocycles. The molecule has 0 amide bonds. The van der Waals surface area contributed by atoms with Crippen molar-refractivity contribution in [3.63, 3.8) is 0 Å². The fraction of sp³-hybridized carbons (Fsp3) is 0.615. The third-order valence-electron chi connectivity index (χ3n) is 7.24. The number of methoxy groups -OCH3 is 1. The number of nitrogens with zero attached hydrogens (tertiary/aromatic N) is 2. The van der Waals surface area contributed by atoms with E-state index in [-0.39, 0.29) is 11.8 Å². The van der Waals surface area contributed by atoms with Gasteiger partial charge in [-0.1, -0.05) is 6.42 Å². The lowest BCUT2D eigenvalue weighted by Gasteiger charge is -2.36. The Morgan fingerprint density at radius 1 is 1.25 bits per heavy atom. The molecule has 1 N–H and O–H groups in total. The lowest BCUT2D eigenvalue weighted by atomic mass is 9.81. The highest BCUT2D eigenvalue weighted by molar-refractivity contribution is 7.99. The number of fused-ring (bicyclic) bond motifs is 1. The molecule has 6 heteroatoms. The number of piperidine rings is 1. The highest BCUT2D eigenvalue weighted by Crippen LogP contribution is 2.32. The molecule has 1 aliphatic carbocycles. The van der Waals surface area contributed by atoms with Crippen LogP contribution >= 0.6 is 11.8 Å². The van der Waals surface area contributed by atoms with Gasteiger partial charge in [-0.05, 0) is 99.5 Å². The summed E-state index contributed by atoms with van der Waals surface area (Å²) in [7, 11) is 1.68. The molecule has 2 aromatic rings. The van der Waals surface area contributed by atoms with Gasteiger partial charge in [-0.2, -0.15) is 11.8 Å². The van der Waals surface area contributed by atoms with Gasteiger partial charge in [-0.3, -0.25) is 9.78 Å². The van der Waals surface area contributed by atoms with E-state index in [4.69, 9.17) is 4.74 Å². The van der Waals surface area contributed by atoms with Crippen molar-refractivity contribution in [1.82, 2.24) is 9.88 Å². The van der Waals surface area contributed by atoms with Crippen LogP contribution in [0.1, 0.15) is 50.5 Å². The lowest BCUT2D eigenvalue weighted by molar-refractivity contribution is -0.146. The summed E-state index contributed by atoms with van der Waals surface area (Å²) in [5.74, 6) is 1.47. The number of carboxylic acids is 1. The van der Waals surface area contributed by atoms with Gasteiger partial charge in [0.15, 0.2) is 0 Å². The maximum Gasteiger partial charge on any atom is 0.308 e. The molecule has 2 aliphatic rings. The Balaban J connectivity index is 1.26. The second-order valence-electron chi connectivity index (χ2n) is 9.32. The Morgan fingerprint density at radius 3 is 2.88 bits per heavy atom. The SMILES string of the molecule is COc1ccc2nccc(CCC[C@@H]3CCN(CCCSC4CCC4)C[C@@H]3C(=O)O)c2c1. The summed E-state index contributed by atoms with van der Waals surface area (Å²) in [5.41, 5.74) is 2.25. The smallest absolute Gasteiger partial charge is 0.308 e. The second kappa shape index (κ2) is 11.4. The fourth-order valence-electron chi connectivity index (χ4n) is 5.05. The monoisotopic (exact) mass is 456 g/mol. The maximum atomic E-state index is 12.0. The Bertz CT molecular complexity index is 902.